The van der Waals surface area contributed by atoms with Crippen molar-refractivity contribution in [3.8, 4) is 0 Å². The maximum atomic E-state index is 11.1. The summed E-state index contributed by atoms with van der Waals surface area (Å²) in [6, 6.07) is 0. The number of esters is 1. The largest absolute Gasteiger partial charge is 0.465 e. The van der Waals surface area contributed by atoms with Crippen molar-refractivity contribution in [1.82, 2.24) is 9.56 Å². The number of carbonyl (C=O) groups is 1. The highest BCUT2D eigenvalue weighted by molar-refractivity contribution is 5.96. The van der Waals surface area contributed by atoms with Gasteiger partial charge in [-0.05, 0) is 0 Å². The summed E-state index contributed by atoms with van der Waals surface area (Å²) in [4.78, 5) is 14.9. The molecular weight excluding hydrogens is 160 g/mol. The van der Waals surface area contributed by atoms with Crippen molar-refractivity contribution in [2.75, 3.05) is 7.11 Å². The molecule has 12 heavy (non-hydrogen) atoms. The van der Waals surface area contributed by atoms with Crippen LogP contribution in [0, 0.1) is 0 Å². The fourth-order valence-corrected chi connectivity index (χ4v) is 0.988. The highest BCUT2D eigenvalue weighted by atomic mass is 16.5. The minimum atomic E-state index is -0.422. The van der Waals surface area contributed by atoms with Crippen molar-refractivity contribution in [3.05, 3.63) is 24.4 Å². The van der Waals surface area contributed by atoms with Crippen LogP contribution in [0.1, 0.15) is 10.4 Å². The van der Waals surface area contributed by atoms with Crippen LogP contribution in [0.2, 0.25) is 0 Å². The van der Waals surface area contributed by atoms with Gasteiger partial charge in [0.2, 0.25) is 0 Å². The van der Waals surface area contributed by atoms with Crippen molar-refractivity contribution in [3.63, 3.8) is 0 Å². The number of hydrogen-bond donors (Lipinski definition) is 0. The number of imidazole rings is 1. The third kappa shape index (κ3) is 0.795. The number of aromatic nitrogens is 2. The zero-order valence-electron chi connectivity index (χ0n) is 6.35. The van der Waals surface area contributed by atoms with Gasteiger partial charge in [0.15, 0.2) is 0 Å². The fraction of sp³-hybridized carbons (Fsp3) is 0.143. The van der Waals surface area contributed by atoms with Crippen molar-refractivity contribution >= 4 is 11.5 Å². The van der Waals surface area contributed by atoms with Gasteiger partial charge < -0.3 is 9.26 Å². The topological polar surface area (TPSA) is 56.7 Å². The standard InChI is InChI=1S/C7H6N2O3/c1-11-7(10)5-3-12-9-4-8-2-6(5)9/h2-4H,1H3. The highest BCUT2D eigenvalue weighted by Gasteiger charge is 2.13. The smallest absolute Gasteiger partial charge is 0.343 e. The van der Waals surface area contributed by atoms with E-state index >= 15 is 0 Å². The number of hydrogen-bond acceptors (Lipinski definition) is 4. The van der Waals surface area contributed by atoms with Gasteiger partial charge in [-0.3, -0.25) is 0 Å². The van der Waals surface area contributed by atoms with E-state index in [0.717, 1.165) is 0 Å². The van der Waals surface area contributed by atoms with Crippen LogP contribution in [0.4, 0.5) is 0 Å². The summed E-state index contributed by atoms with van der Waals surface area (Å²) in [5, 5.41) is 0. The monoisotopic (exact) mass is 166 g/mol. The van der Waals surface area contributed by atoms with E-state index in [9.17, 15) is 4.79 Å². The first kappa shape index (κ1) is 6.90. The molecule has 0 amide bonds. The van der Waals surface area contributed by atoms with Crippen LogP contribution in [0.25, 0.3) is 5.52 Å². The second-order valence-electron chi connectivity index (χ2n) is 2.23. The van der Waals surface area contributed by atoms with E-state index in [1.165, 1.54) is 30.5 Å². The van der Waals surface area contributed by atoms with E-state index in [2.05, 4.69) is 9.72 Å². The molecule has 2 rings (SSSR count). The Bertz CT molecular complexity index is 415. The van der Waals surface area contributed by atoms with Gasteiger partial charge in [-0.25, -0.2) is 9.78 Å². The summed E-state index contributed by atoms with van der Waals surface area (Å²) in [5.74, 6) is -0.422. The fourth-order valence-electron chi connectivity index (χ4n) is 0.988. The molecule has 0 aliphatic rings. The number of fused-ring (bicyclic) bond motifs is 1. The molecule has 0 atom stereocenters. The molecule has 0 bridgehead atoms. The second-order valence-corrected chi connectivity index (χ2v) is 2.23. The third-order valence-corrected chi connectivity index (χ3v) is 1.57. The van der Waals surface area contributed by atoms with E-state index in [1.807, 2.05) is 0 Å². The summed E-state index contributed by atoms with van der Waals surface area (Å²) in [5.41, 5.74) is 0.997. The molecule has 0 saturated heterocycles. The van der Waals surface area contributed by atoms with Gasteiger partial charge in [0.25, 0.3) is 0 Å². The summed E-state index contributed by atoms with van der Waals surface area (Å²) >= 11 is 0. The van der Waals surface area contributed by atoms with Crippen molar-refractivity contribution < 1.29 is 14.1 Å². The Hall–Kier alpha value is -1.78. The van der Waals surface area contributed by atoms with E-state index in [4.69, 9.17) is 4.52 Å². The van der Waals surface area contributed by atoms with Gasteiger partial charge >= 0.3 is 5.97 Å². The summed E-state index contributed by atoms with van der Waals surface area (Å²) in [6.07, 6.45) is 4.35. The molecule has 0 fully saturated rings. The normalized spacial score (nSPS) is 10.4. The van der Waals surface area contributed by atoms with Gasteiger partial charge in [-0.2, -0.15) is 4.57 Å². The SMILES string of the molecule is COC(=O)c1con2cncc12. The quantitative estimate of drug-likeness (QED) is 0.585. The second kappa shape index (κ2) is 2.37. The predicted octanol–water partition coefficient (Wildman–Crippen LogP) is 0.714. The Labute approximate surface area is 67.5 Å². The van der Waals surface area contributed by atoms with Crippen LogP contribution >= 0.6 is 0 Å². The average Bonchev–Trinajstić information content (AvgIpc) is 2.62. The molecule has 5 nitrogen and oxygen atoms in total. The molecule has 5 heteroatoms. The van der Waals surface area contributed by atoms with Crippen LogP contribution in [-0.2, 0) is 4.74 Å². The van der Waals surface area contributed by atoms with Gasteiger partial charge in [0.05, 0.1) is 13.3 Å². The summed E-state index contributed by atoms with van der Waals surface area (Å²) in [7, 11) is 1.32. The molecule has 0 radical (unpaired) electrons. The zero-order chi connectivity index (χ0) is 8.55. The van der Waals surface area contributed by atoms with Crippen LogP contribution in [0.3, 0.4) is 0 Å². The lowest BCUT2D eigenvalue weighted by atomic mass is 10.3. The first-order valence-corrected chi connectivity index (χ1v) is 3.31. The first-order valence-electron chi connectivity index (χ1n) is 3.31. The van der Waals surface area contributed by atoms with E-state index in [-0.39, 0.29) is 0 Å². The molecule has 0 unspecified atom stereocenters. The number of ether oxygens (including phenoxy) is 1. The maximum absolute atomic E-state index is 11.1. The van der Waals surface area contributed by atoms with E-state index < -0.39 is 5.97 Å². The Morgan fingerprint density at radius 2 is 2.58 bits per heavy atom. The molecule has 2 heterocycles. The van der Waals surface area contributed by atoms with Crippen molar-refractivity contribution in [2.24, 2.45) is 0 Å². The molecule has 0 N–H and O–H groups in total. The maximum Gasteiger partial charge on any atom is 0.343 e. The lowest BCUT2D eigenvalue weighted by molar-refractivity contribution is 0.0602. The molecular formula is C7H6N2O3. The summed E-state index contributed by atoms with van der Waals surface area (Å²) < 4.78 is 10.9. The Kier molecular flexibility index (Phi) is 1.36. The van der Waals surface area contributed by atoms with Gasteiger partial charge in [-0.15, -0.1) is 0 Å². The molecule has 0 aromatic carbocycles. The Morgan fingerprint density at radius 1 is 1.75 bits per heavy atom. The Balaban J connectivity index is 2.61. The van der Waals surface area contributed by atoms with Crippen LogP contribution < -0.4 is 0 Å². The van der Waals surface area contributed by atoms with E-state index in [1.54, 1.807) is 0 Å². The van der Waals surface area contributed by atoms with Gasteiger partial charge in [0, 0.05) is 0 Å². The lowest BCUT2D eigenvalue weighted by Gasteiger charge is -1.90. The number of nitrogens with zero attached hydrogens (tertiary/aromatic N) is 2. The zero-order valence-corrected chi connectivity index (χ0v) is 6.35. The molecule has 0 aliphatic carbocycles. The number of rotatable bonds is 1. The van der Waals surface area contributed by atoms with Gasteiger partial charge in [-0.1, -0.05) is 0 Å². The molecule has 0 aliphatic heterocycles. The van der Waals surface area contributed by atoms with Gasteiger partial charge in [0.1, 0.15) is 23.7 Å². The Morgan fingerprint density at radius 3 is 3.33 bits per heavy atom. The van der Waals surface area contributed by atoms with Crippen molar-refractivity contribution in [1.29, 1.82) is 0 Å². The number of carbonyl (C=O) groups excluding carboxylic acids is 1. The molecule has 62 valence electrons. The highest BCUT2D eigenvalue weighted by Crippen LogP contribution is 2.12. The minimum Gasteiger partial charge on any atom is -0.465 e. The van der Waals surface area contributed by atoms with Crippen LogP contribution in [0.15, 0.2) is 23.3 Å². The average molecular weight is 166 g/mol. The molecule has 0 spiro atoms. The predicted molar refractivity (Wildman–Crippen MR) is 38.8 cm³/mol. The van der Waals surface area contributed by atoms with Crippen molar-refractivity contribution in [2.45, 2.75) is 0 Å². The molecule has 2 aromatic rings. The minimum absolute atomic E-state index is 0.384. The summed E-state index contributed by atoms with van der Waals surface area (Å²) in [6.45, 7) is 0. The lowest BCUT2D eigenvalue weighted by Crippen LogP contribution is -1.99. The van der Waals surface area contributed by atoms with Crippen LogP contribution in [0.5, 0.6) is 0 Å². The molecule has 0 saturated carbocycles. The third-order valence-electron chi connectivity index (χ3n) is 1.57. The first-order chi connectivity index (χ1) is 5.83. The van der Waals surface area contributed by atoms with Crippen LogP contribution in [-0.4, -0.2) is 22.6 Å². The van der Waals surface area contributed by atoms with E-state index in [0.29, 0.717) is 11.1 Å². The number of methoxy groups -OCH3 is 1. The molecule has 2 aromatic heterocycles.